The van der Waals surface area contributed by atoms with Crippen molar-refractivity contribution in [1.29, 1.82) is 0 Å². The number of nitrogens with zero attached hydrogens (tertiary/aromatic N) is 1. The van der Waals surface area contributed by atoms with Crippen LogP contribution in [0.15, 0.2) is 0 Å². The molecular weight excluding hydrogens is 244 g/mol. The van der Waals surface area contributed by atoms with Gasteiger partial charge in [-0.2, -0.15) is 0 Å². The van der Waals surface area contributed by atoms with Crippen LogP contribution in [0.4, 0.5) is 0 Å². The SMILES string of the molecule is CC(CC(=O)O)C1CCCN(C(=O)C(C)(C)CN)C1. The third-order valence-electron chi connectivity index (χ3n) is 4.14. The number of piperidine rings is 1. The van der Waals surface area contributed by atoms with Crippen molar-refractivity contribution in [3.05, 3.63) is 0 Å². The molecule has 1 rings (SSSR count). The normalized spacial score (nSPS) is 22.1. The molecule has 19 heavy (non-hydrogen) atoms. The summed E-state index contributed by atoms with van der Waals surface area (Å²) in [6.45, 7) is 7.44. The van der Waals surface area contributed by atoms with Crippen LogP contribution in [0.1, 0.15) is 40.0 Å². The fraction of sp³-hybridized carbons (Fsp3) is 0.857. The molecule has 110 valence electrons. The van der Waals surface area contributed by atoms with Gasteiger partial charge in [-0.05, 0) is 38.5 Å². The van der Waals surface area contributed by atoms with Crippen molar-refractivity contribution >= 4 is 11.9 Å². The Morgan fingerprint density at radius 1 is 1.47 bits per heavy atom. The molecule has 0 saturated carbocycles. The minimum Gasteiger partial charge on any atom is -0.481 e. The van der Waals surface area contributed by atoms with Crippen LogP contribution < -0.4 is 5.73 Å². The summed E-state index contributed by atoms with van der Waals surface area (Å²) in [5.74, 6) is -0.295. The molecule has 2 atom stereocenters. The van der Waals surface area contributed by atoms with Gasteiger partial charge in [-0.25, -0.2) is 0 Å². The molecule has 1 amide bonds. The van der Waals surface area contributed by atoms with E-state index in [0.717, 1.165) is 19.4 Å². The van der Waals surface area contributed by atoms with E-state index in [-0.39, 0.29) is 24.2 Å². The van der Waals surface area contributed by atoms with Crippen LogP contribution in [0.3, 0.4) is 0 Å². The van der Waals surface area contributed by atoms with E-state index in [9.17, 15) is 9.59 Å². The van der Waals surface area contributed by atoms with Crippen LogP contribution >= 0.6 is 0 Å². The molecule has 0 spiro atoms. The Morgan fingerprint density at radius 3 is 2.63 bits per heavy atom. The molecule has 1 aliphatic heterocycles. The van der Waals surface area contributed by atoms with Crippen LogP contribution in [0, 0.1) is 17.3 Å². The first-order valence-electron chi connectivity index (χ1n) is 6.99. The molecule has 0 radical (unpaired) electrons. The molecule has 5 heteroatoms. The average molecular weight is 270 g/mol. The fourth-order valence-electron chi connectivity index (χ4n) is 2.62. The number of likely N-dealkylation sites (tertiary alicyclic amines) is 1. The second-order valence-corrected chi connectivity index (χ2v) is 6.32. The van der Waals surface area contributed by atoms with Gasteiger partial charge in [0.15, 0.2) is 0 Å². The Morgan fingerprint density at radius 2 is 2.11 bits per heavy atom. The van der Waals surface area contributed by atoms with Gasteiger partial charge in [0.1, 0.15) is 0 Å². The monoisotopic (exact) mass is 270 g/mol. The zero-order valence-corrected chi connectivity index (χ0v) is 12.2. The maximum absolute atomic E-state index is 12.4. The van der Waals surface area contributed by atoms with E-state index in [1.54, 1.807) is 0 Å². The lowest BCUT2D eigenvalue weighted by Crippen LogP contribution is -2.49. The van der Waals surface area contributed by atoms with Crippen molar-refractivity contribution in [3.8, 4) is 0 Å². The van der Waals surface area contributed by atoms with Gasteiger partial charge < -0.3 is 15.7 Å². The van der Waals surface area contributed by atoms with Gasteiger partial charge in [-0.3, -0.25) is 9.59 Å². The Bertz CT molecular complexity index is 342. The highest BCUT2D eigenvalue weighted by Crippen LogP contribution is 2.28. The minimum absolute atomic E-state index is 0.0854. The number of hydrogen-bond acceptors (Lipinski definition) is 3. The largest absolute Gasteiger partial charge is 0.481 e. The van der Waals surface area contributed by atoms with E-state index >= 15 is 0 Å². The Labute approximate surface area is 115 Å². The van der Waals surface area contributed by atoms with Crippen molar-refractivity contribution in [2.45, 2.75) is 40.0 Å². The summed E-state index contributed by atoms with van der Waals surface area (Å²) in [4.78, 5) is 25.0. The highest BCUT2D eigenvalue weighted by molar-refractivity contribution is 5.82. The molecule has 0 bridgehead atoms. The van der Waals surface area contributed by atoms with E-state index in [0.29, 0.717) is 13.1 Å². The predicted molar refractivity (Wildman–Crippen MR) is 73.6 cm³/mol. The van der Waals surface area contributed by atoms with Crippen LogP contribution in [0.5, 0.6) is 0 Å². The Kier molecular flexibility index (Phi) is 5.35. The highest BCUT2D eigenvalue weighted by atomic mass is 16.4. The van der Waals surface area contributed by atoms with E-state index in [1.807, 2.05) is 25.7 Å². The molecule has 2 unspecified atom stereocenters. The van der Waals surface area contributed by atoms with Gasteiger partial charge >= 0.3 is 5.97 Å². The lowest BCUT2D eigenvalue weighted by atomic mass is 9.83. The van der Waals surface area contributed by atoms with Crippen molar-refractivity contribution in [3.63, 3.8) is 0 Å². The number of carboxylic acids is 1. The summed E-state index contributed by atoms with van der Waals surface area (Å²) in [6, 6.07) is 0. The third kappa shape index (κ3) is 4.20. The molecule has 0 aromatic carbocycles. The summed E-state index contributed by atoms with van der Waals surface area (Å²) in [6.07, 6.45) is 2.12. The van der Waals surface area contributed by atoms with Gasteiger partial charge in [-0.1, -0.05) is 6.92 Å². The van der Waals surface area contributed by atoms with Crippen molar-refractivity contribution in [2.75, 3.05) is 19.6 Å². The maximum atomic E-state index is 12.4. The number of carboxylic acid groups (broad SMARTS) is 1. The van der Waals surface area contributed by atoms with Crippen molar-refractivity contribution < 1.29 is 14.7 Å². The molecule has 0 aliphatic carbocycles. The number of aliphatic carboxylic acids is 1. The topological polar surface area (TPSA) is 83.6 Å². The predicted octanol–water partition coefficient (Wildman–Crippen LogP) is 1.32. The second kappa shape index (κ2) is 6.37. The number of nitrogens with two attached hydrogens (primary N) is 1. The zero-order chi connectivity index (χ0) is 14.6. The van der Waals surface area contributed by atoms with Gasteiger partial charge in [-0.15, -0.1) is 0 Å². The molecule has 0 aromatic heterocycles. The lowest BCUT2D eigenvalue weighted by Gasteiger charge is -2.39. The highest BCUT2D eigenvalue weighted by Gasteiger charge is 2.34. The number of carbonyl (C=O) groups is 2. The summed E-state index contributed by atoms with van der Waals surface area (Å²) < 4.78 is 0. The van der Waals surface area contributed by atoms with Gasteiger partial charge in [0.25, 0.3) is 0 Å². The summed E-state index contributed by atoms with van der Waals surface area (Å²) in [7, 11) is 0. The van der Waals surface area contributed by atoms with Gasteiger partial charge in [0.2, 0.25) is 5.91 Å². The van der Waals surface area contributed by atoms with Gasteiger partial charge in [0, 0.05) is 26.1 Å². The van der Waals surface area contributed by atoms with Crippen LogP contribution in [0.2, 0.25) is 0 Å². The molecule has 1 fully saturated rings. The molecule has 1 heterocycles. The van der Waals surface area contributed by atoms with Gasteiger partial charge in [0.05, 0.1) is 5.41 Å². The zero-order valence-electron chi connectivity index (χ0n) is 12.2. The molecule has 5 nitrogen and oxygen atoms in total. The van der Waals surface area contributed by atoms with E-state index in [4.69, 9.17) is 10.8 Å². The molecule has 1 aliphatic rings. The third-order valence-corrected chi connectivity index (χ3v) is 4.14. The number of carbonyl (C=O) groups excluding carboxylic acids is 1. The first kappa shape index (κ1) is 16.0. The summed E-state index contributed by atoms with van der Waals surface area (Å²) in [5, 5.41) is 8.86. The van der Waals surface area contributed by atoms with Crippen LogP contribution in [-0.2, 0) is 9.59 Å². The standard InChI is InChI=1S/C14H26N2O3/c1-10(7-12(17)18)11-5-4-6-16(8-11)13(19)14(2,3)9-15/h10-11H,4-9,15H2,1-3H3,(H,17,18). The molecular formula is C14H26N2O3. The smallest absolute Gasteiger partial charge is 0.303 e. The Hall–Kier alpha value is -1.10. The quantitative estimate of drug-likeness (QED) is 0.789. The van der Waals surface area contributed by atoms with E-state index < -0.39 is 11.4 Å². The van der Waals surface area contributed by atoms with E-state index in [2.05, 4.69) is 0 Å². The fourth-order valence-corrected chi connectivity index (χ4v) is 2.62. The molecule has 0 aromatic rings. The summed E-state index contributed by atoms with van der Waals surface area (Å²) >= 11 is 0. The summed E-state index contributed by atoms with van der Waals surface area (Å²) in [5.41, 5.74) is 5.12. The van der Waals surface area contributed by atoms with Crippen LogP contribution in [0.25, 0.3) is 0 Å². The lowest BCUT2D eigenvalue weighted by molar-refractivity contribution is -0.142. The maximum Gasteiger partial charge on any atom is 0.303 e. The molecule has 1 saturated heterocycles. The number of rotatable bonds is 5. The van der Waals surface area contributed by atoms with Crippen molar-refractivity contribution in [1.82, 2.24) is 4.90 Å². The first-order chi connectivity index (χ1) is 8.77. The second-order valence-electron chi connectivity index (χ2n) is 6.32. The number of amides is 1. The number of hydrogen-bond donors (Lipinski definition) is 2. The average Bonchev–Trinajstić information content (AvgIpc) is 2.37. The first-order valence-corrected chi connectivity index (χ1v) is 6.99. The van der Waals surface area contributed by atoms with E-state index in [1.165, 1.54) is 0 Å². The minimum atomic E-state index is -0.766. The Balaban J connectivity index is 2.64. The van der Waals surface area contributed by atoms with Crippen LogP contribution in [-0.4, -0.2) is 41.5 Å². The molecule has 3 N–H and O–H groups in total. The van der Waals surface area contributed by atoms with Crippen molar-refractivity contribution in [2.24, 2.45) is 23.0 Å².